The number of aromatic amines is 1. The van der Waals surface area contributed by atoms with E-state index in [1.54, 1.807) is 24.5 Å². The number of rotatable bonds is 2. The molecule has 4 nitrogen and oxygen atoms in total. The second-order valence-corrected chi connectivity index (χ2v) is 5.96. The molecule has 1 aromatic carbocycles. The van der Waals surface area contributed by atoms with Crippen molar-refractivity contribution in [1.29, 1.82) is 0 Å². The summed E-state index contributed by atoms with van der Waals surface area (Å²) in [6.45, 7) is 1.94. The summed E-state index contributed by atoms with van der Waals surface area (Å²) in [7, 11) is 0. The van der Waals surface area contributed by atoms with Gasteiger partial charge in [-0.05, 0) is 52.7 Å². The highest BCUT2D eigenvalue weighted by molar-refractivity contribution is 9.10. The Morgan fingerprint density at radius 2 is 2.24 bits per heavy atom. The van der Waals surface area contributed by atoms with E-state index < -0.39 is 0 Å². The molecule has 0 saturated carbocycles. The lowest BCUT2D eigenvalue weighted by Gasteiger charge is -2.11. The van der Waals surface area contributed by atoms with Gasteiger partial charge in [0.15, 0.2) is 0 Å². The third kappa shape index (κ3) is 2.66. The summed E-state index contributed by atoms with van der Waals surface area (Å²) in [6, 6.07) is 7.22. The molecule has 0 aliphatic rings. The van der Waals surface area contributed by atoms with E-state index in [0.29, 0.717) is 16.4 Å². The van der Waals surface area contributed by atoms with Crippen LogP contribution in [0.15, 0.2) is 41.1 Å². The van der Waals surface area contributed by atoms with Crippen molar-refractivity contribution in [3.8, 4) is 0 Å². The Kier molecular flexibility index (Phi) is 3.69. The molecule has 0 atom stereocenters. The third-order valence-electron chi connectivity index (χ3n) is 3.16. The van der Waals surface area contributed by atoms with Gasteiger partial charge in [-0.2, -0.15) is 0 Å². The van der Waals surface area contributed by atoms with E-state index in [9.17, 15) is 4.79 Å². The molecule has 21 heavy (non-hydrogen) atoms. The van der Waals surface area contributed by atoms with Gasteiger partial charge in [0, 0.05) is 22.3 Å². The van der Waals surface area contributed by atoms with Crippen LogP contribution in [0.2, 0.25) is 5.02 Å². The summed E-state index contributed by atoms with van der Waals surface area (Å²) >= 11 is 9.59. The van der Waals surface area contributed by atoms with Crippen molar-refractivity contribution in [2.24, 2.45) is 0 Å². The van der Waals surface area contributed by atoms with E-state index in [4.69, 9.17) is 11.6 Å². The molecule has 1 amide bonds. The van der Waals surface area contributed by atoms with E-state index in [1.165, 1.54) is 0 Å². The lowest BCUT2D eigenvalue weighted by molar-refractivity contribution is 0.102. The number of carbonyl (C=O) groups is 1. The molecule has 0 aliphatic heterocycles. The summed E-state index contributed by atoms with van der Waals surface area (Å²) in [6.07, 6.45) is 3.42. The number of pyridine rings is 1. The van der Waals surface area contributed by atoms with Crippen molar-refractivity contribution < 1.29 is 4.79 Å². The molecule has 3 rings (SSSR count). The number of H-pyrrole nitrogens is 1. The van der Waals surface area contributed by atoms with Crippen LogP contribution in [0.1, 0.15) is 16.1 Å². The maximum Gasteiger partial charge on any atom is 0.272 e. The van der Waals surface area contributed by atoms with Crippen molar-refractivity contribution in [2.45, 2.75) is 6.92 Å². The minimum Gasteiger partial charge on any atom is -0.356 e. The molecule has 3 aromatic rings. The van der Waals surface area contributed by atoms with E-state index in [2.05, 4.69) is 31.2 Å². The minimum atomic E-state index is -0.253. The fourth-order valence-corrected chi connectivity index (χ4v) is 2.84. The topological polar surface area (TPSA) is 57.8 Å². The molecule has 0 radical (unpaired) electrons. The highest BCUT2D eigenvalue weighted by atomic mass is 79.9. The van der Waals surface area contributed by atoms with Gasteiger partial charge in [0.1, 0.15) is 5.69 Å². The number of hydrogen-bond donors (Lipinski definition) is 2. The van der Waals surface area contributed by atoms with Crippen molar-refractivity contribution in [3.05, 3.63) is 57.4 Å². The predicted octanol–water partition coefficient (Wildman–Crippen LogP) is 4.54. The maximum atomic E-state index is 12.3. The monoisotopic (exact) mass is 363 g/mol. The zero-order chi connectivity index (χ0) is 15.0. The fourth-order valence-electron chi connectivity index (χ4n) is 2.19. The Hall–Kier alpha value is -1.85. The second-order valence-electron chi connectivity index (χ2n) is 4.64. The number of aromatic nitrogens is 2. The first-order valence-electron chi connectivity index (χ1n) is 6.25. The fraction of sp³-hybridized carbons (Fsp3) is 0.0667. The molecule has 106 valence electrons. The van der Waals surface area contributed by atoms with Gasteiger partial charge < -0.3 is 10.3 Å². The molecule has 0 fully saturated rings. The van der Waals surface area contributed by atoms with Gasteiger partial charge in [-0.15, -0.1) is 0 Å². The summed E-state index contributed by atoms with van der Waals surface area (Å²) in [5, 5.41) is 4.16. The average Bonchev–Trinajstić information content (AvgIpc) is 2.90. The number of anilines is 1. The Bertz CT molecular complexity index is 844. The first-order chi connectivity index (χ1) is 10.1. The van der Waals surface area contributed by atoms with Crippen LogP contribution in [0.5, 0.6) is 0 Å². The summed E-state index contributed by atoms with van der Waals surface area (Å²) < 4.78 is 0.814. The smallest absolute Gasteiger partial charge is 0.272 e. The number of aryl methyl sites for hydroxylation is 1. The molecule has 6 heteroatoms. The Morgan fingerprint density at radius 1 is 1.43 bits per heavy atom. The van der Waals surface area contributed by atoms with Crippen LogP contribution < -0.4 is 5.32 Å². The van der Waals surface area contributed by atoms with Crippen LogP contribution in [0, 0.1) is 6.92 Å². The number of amides is 1. The lowest BCUT2D eigenvalue weighted by Crippen LogP contribution is -2.13. The molecule has 0 spiro atoms. The molecule has 0 saturated heterocycles. The molecular formula is C15H11BrClN3O. The van der Waals surface area contributed by atoms with Crippen LogP contribution in [0.25, 0.3) is 10.9 Å². The molecule has 0 bridgehead atoms. The van der Waals surface area contributed by atoms with Gasteiger partial charge in [-0.25, -0.2) is 0 Å². The summed E-state index contributed by atoms with van der Waals surface area (Å²) in [5.74, 6) is -0.253. The zero-order valence-corrected chi connectivity index (χ0v) is 13.4. The predicted molar refractivity (Wildman–Crippen MR) is 87.9 cm³/mol. The second kappa shape index (κ2) is 5.50. The Labute approximate surface area is 134 Å². The van der Waals surface area contributed by atoms with Gasteiger partial charge in [-0.1, -0.05) is 11.6 Å². The third-order valence-corrected chi connectivity index (χ3v) is 3.92. The number of hydrogen-bond acceptors (Lipinski definition) is 2. The van der Waals surface area contributed by atoms with Gasteiger partial charge >= 0.3 is 0 Å². The van der Waals surface area contributed by atoms with Gasteiger partial charge in [0.2, 0.25) is 0 Å². The zero-order valence-electron chi connectivity index (χ0n) is 11.1. The van der Waals surface area contributed by atoms with E-state index in [-0.39, 0.29) is 5.91 Å². The number of nitrogens with zero attached hydrogens (tertiary/aromatic N) is 1. The number of fused-ring (bicyclic) bond motifs is 1. The number of nitrogens with one attached hydrogen (secondary N) is 2. The van der Waals surface area contributed by atoms with Crippen molar-refractivity contribution in [2.75, 3.05) is 5.32 Å². The lowest BCUT2D eigenvalue weighted by atomic mass is 10.1. The van der Waals surface area contributed by atoms with Crippen LogP contribution in [0.3, 0.4) is 0 Å². The Morgan fingerprint density at radius 3 is 2.95 bits per heavy atom. The van der Waals surface area contributed by atoms with E-state index in [1.807, 2.05) is 19.1 Å². The molecule has 0 aliphatic carbocycles. The van der Waals surface area contributed by atoms with Crippen LogP contribution in [-0.4, -0.2) is 15.9 Å². The van der Waals surface area contributed by atoms with Gasteiger partial charge in [0.05, 0.1) is 16.2 Å². The summed E-state index contributed by atoms with van der Waals surface area (Å²) in [5.41, 5.74) is 2.82. The molecule has 2 heterocycles. The normalized spacial score (nSPS) is 10.8. The van der Waals surface area contributed by atoms with Crippen molar-refractivity contribution in [3.63, 3.8) is 0 Å². The van der Waals surface area contributed by atoms with Gasteiger partial charge in [0.25, 0.3) is 5.91 Å². The van der Waals surface area contributed by atoms with Crippen molar-refractivity contribution in [1.82, 2.24) is 9.97 Å². The Balaban J connectivity index is 2.06. The molecule has 2 aromatic heterocycles. The van der Waals surface area contributed by atoms with Crippen LogP contribution in [0.4, 0.5) is 5.69 Å². The first kappa shape index (κ1) is 14.1. The van der Waals surface area contributed by atoms with Crippen LogP contribution in [-0.2, 0) is 0 Å². The largest absolute Gasteiger partial charge is 0.356 e. The minimum absolute atomic E-state index is 0.253. The SMILES string of the molecule is Cc1cc(Cl)c(NC(=O)c2cc(Br)c[nH]2)c2cccnc12. The number of carbonyl (C=O) groups excluding carboxylic acids is 1. The average molecular weight is 365 g/mol. The standard InChI is InChI=1S/C15H11BrClN3O/c1-8-5-11(17)14(10-3-2-4-18-13(8)10)20-15(21)12-6-9(16)7-19-12/h2-7,19H,1H3,(H,20,21). The van der Waals surface area contributed by atoms with Crippen molar-refractivity contribution >= 4 is 50.0 Å². The highest BCUT2D eigenvalue weighted by Gasteiger charge is 2.14. The summed E-state index contributed by atoms with van der Waals surface area (Å²) in [4.78, 5) is 19.5. The first-order valence-corrected chi connectivity index (χ1v) is 7.42. The maximum absolute atomic E-state index is 12.3. The molecule has 2 N–H and O–H groups in total. The molecular weight excluding hydrogens is 354 g/mol. The number of halogens is 2. The quantitative estimate of drug-likeness (QED) is 0.701. The van der Waals surface area contributed by atoms with E-state index in [0.717, 1.165) is 20.9 Å². The van der Waals surface area contributed by atoms with Crippen LogP contribution >= 0.6 is 27.5 Å². The van der Waals surface area contributed by atoms with E-state index >= 15 is 0 Å². The van der Waals surface area contributed by atoms with Gasteiger partial charge in [-0.3, -0.25) is 9.78 Å². The molecule has 0 unspecified atom stereocenters. The number of benzene rings is 1. The highest BCUT2D eigenvalue weighted by Crippen LogP contribution is 2.33.